The van der Waals surface area contributed by atoms with Gasteiger partial charge in [0.25, 0.3) is 5.91 Å². The highest BCUT2D eigenvalue weighted by Gasteiger charge is 2.43. The SMILES string of the molecule is C[C@]1(c2cccc(N)c2)NC(=O)NC1=O. The Hall–Kier alpha value is -2.04. The number of carbonyl (C=O) groups excluding carboxylic acids is 2. The summed E-state index contributed by atoms with van der Waals surface area (Å²) in [5, 5.41) is 4.76. The van der Waals surface area contributed by atoms with Crippen LogP contribution < -0.4 is 16.4 Å². The molecule has 0 radical (unpaired) electrons. The maximum absolute atomic E-state index is 11.6. The molecule has 0 unspecified atom stereocenters. The van der Waals surface area contributed by atoms with Gasteiger partial charge in [0.15, 0.2) is 0 Å². The lowest BCUT2D eigenvalue weighted by Gasteiger charge is -2.21. The van der Waals surface area contributed by atoms with Crippen LogP contribution in [0.3, 0.4) is 0 Å². The van der Waals surface area contributed by atoms with Gasteiger partial charge in [0.1, 0.15) is 5.54 Å². The maximum Gasteiger partial charge on any atom is 0.322 e. The molecule has 15 heavy (non-hydrogen) atoms. The van der Waals surface area contributed by atoms with Crippen molar-refractivity contribution in [1.82, 2.24) is 10.6 Å². The summed E-state index contributed by atoms with van der Waals surface area (Å²) in [7, 11) is 0. The van der Waals surface area contributed by atoms with Gasteiger partial charge in [-0.05, 0) is 24.6 Å². The molecule has 0 aliphatic carbocycles. The molecule has 1 heterocycles. The lowest BCUT2D eigenvalue weighted by atomic mass is 9.92. The maximum atomic E-state index is 11.6. The first kappa shape index (κ1) is 9.51. The second-order valence-corrected chi connectivity index (χ2v) is 3.66. The van der Waals surface area contributed by atoms with Crippen LogP contribution in [0.5, 0.6) is 0 Å². The topological polar surface area (TPSA) is 84.2 Å². The van der Waals surface area contributed by atoms with Crippen LogP contribution in [0, 0.1) is 0 Å². The summed E-state index contributed by atoms with van der Waals surface area (Å²) in [5.41, 5.74) is 5.83. The number of benzene rings is 1. The smallest absolute Gasteiger partial charge is 0.322 e. The average molecular weight is 205 g/mol. The van der Waals surface area contributed by atoms with Gasteiger partial charge in [0.05, 0.1) is 0 Å². The molecule has 0 aromatic heterocycles. The Morgan fingerprint density at radius 1 is 1.33 bits per heavy atom. The van der Waals surface area contributed by atoms with Gasteiger partial charge in [0, 0.05) is 5.69 Å². The lowest BCUT2D eigenvalue weighted by molar-refractivity contribution is -0.123. The molecule has 4 N–H and O–H groups in total. The van der Waals surface area contributed by atoms with Crippen LogP contribution in [0.15, 0.2) is 24.3 Å². The van der Waals surface area contributed by atoms with E-state index in [2.05, 4.69) is 10.6 Å². The van der Waals surface area contributed by atoms with Crippen LogP contribution in [0.1, 0.15) is 12.5 Å². The molecule has 1 aliphatic rings. The number of urea groups is 1. The fourth-order valence-electron chi connectivity index (χ4n) is 1.60. The van der Waals surface area contributed by atoms with Gasteiger partial charge in [-0.3, -0.25) is 10.1 Å². The molecule has 0 bridgehead atoms. The van der Waals surface area contributed by atoms with Crippen molar-refractivity contribution < 1.29 is 9.59 Å². The van der Waals surface area contributed by atoms with Crippen LogP contribution in [0.2, 0.25) is 0 Å². The zero-order valence-corrected chi connectivity index (χ0v) is 8.20. The van der Waals surface area contributed by atoms with E-state index in [9.17, 15) is 9.59 Å². The summed E-state index contributed by atoms with van der Waals surface area (Å²) in [5.74, 6) is -0.363. The third-order valence-corrected chi connectivity index (χ3v) is 2.51. The minimum Gasteiger partial charge on any atom is -0.399 e. The number of nitrogen functional groups attached to an aromatic ring is 1. The molecule has 1 aromatic rings. The number of amides is 3. The molecule has 5 nitrogen and oxygen atoms in total. The van der Waals surface area contributed by atoms with Crippen molar-refractivity contribution in [2.75, 3.05) is 5.73 Å². The number of carbonyl (C=O) groups is 2. The zero-order chi connectivity index (χ0) is 11.1. The third kappa shape index (κ3) is 1.41. The van der Waals surface area contributed by atoms with E-state index in [1.165, 1.54) is 0 Å². The van der Waals surface area contributed by atoms with Gasteiger partial charge < -0.3 is 11.1 Å². The molecule has 2 rings (SSSR count). The summed E-state index contributed by atoms with van der Waals surface area (Å²) in [6.07, 6.45) is 0. The first-order valence-corrected chi connectivity index (χ1v) is 4.52. The van der Waals surface area contributed by atoms with Crippen molar-refractivity contribution in [3.63, 3.8) is 0 Å². The first-order valence-electron chi connectivity index (χ1n) is 4.52. The van der Waals surface area contributed by atoms with E-state index in [0.717, 1.165) is 0 Å². The molecule has 5 heteroatoms. The number of rotatable bonds is 1. The highest BCUT2D eigenvalue weighted by Crippen LogP contribution is 2.25. The molecule has 1 fully saturated rings. The van der Waals surface area contributed by atoms with Crippen LogP contribution in [0.4, 0.5) is 10.5 Å². The van der Waals surface area contributed by atoms with Crippen molar-refractivity contribution in [1.29, 1.82) is 0 Å². The Labute approximate surface area is 86.6 Å². The number of hydrogen-bond donors (Lipinski definition) is 3. The number of nitrogens with two attached hydrogens (primary N) is 1. The molecule has 1 saturated heterocycles. The third-order valence-electron chi connectivity index (χ3n) is 2.51. The molecule has 1 aromatic carbocycles. The zero-order valence-electron chi connectivity index (χ0n) is 8.20. The Kier molecular flexibility index (Phi) is 1.89. The second kappa shape index (κ2) is 2.98. The summed E-state index contributed by atoms with van der Waals surface area (Å²) >= 11 is 0. The molecule has 1 atom stereocenters. The molecular formula is C10H11N3O2. The molecular weight excluding hydrogens is 194 g/mol. The van der Waals surface area contributed by atoms with Crippen molar-refractivity contribution in [2.45, 2.75) is 12.5 Å². The van der Waals surface area contributed by atoms with E-state index in [1.807, 2.05) is 0 Å². The average Bonchev–Trinajstić information content (AvgIpc) is 2.42. The van der Waals surface area contributed by atoms with E-state index in [0.29, 0.717) is 11.3 Å². The number of anilines is 1. The predicted molar refractivity (Wildman–Crippen MR) is 54.9 cm³/mol. The minimum absolute atomic E-state index is 0.363. The van der Waals surface area contributed by atoms with Crippen molar-refractivity contribution in [3.05, 3.63) is 29.8 Å². The predicted octanol–water partition coefficient (Wildman–Crippen LogP) is 0.323. The summed E-state index contributed by atoms with van der Waals surface area (Å²) < 4.78 is 0. The monoisotopic (exact) mass is 205 g/mol. The van der Waals surface area contributed by atoms with Gasteiger partial charge in [-0.15, -0.1) is 0 Å². The Bertz CT molecular complexity index is 444. The van der Waals surface area contributed by atoms with E-state index in [-0.39, 0.29) is 5.91 Å². The molecule has 0 spiro atoms. The van der Waals surface area contributed by atoms with Gasteiger partial charge in [0.2, 0.25) is 0 Å². The summed E-state index contributed by atoms with van der Waals surface area (Å²) in [6.45, 7) is 1.64. The van der Waals surface area contributed by atoms with Crippen molar-refractivity contribution >= 4 is 17.6 Å². The highest BCUT2D eigenvalue weighted by atomic mass is 16.2. The largest absolute Gasteiger partial charge is 0.399 e. The van der Waals surface area contributed by atoms with Crippen LogP contribution >= 0.6 is 0 Å². The van der Waals surface area contributed by atoms with Gasteiger partial charge in [-0.25, -0.2) is 4.79 Å². The Morgan fingerprint density at radius 3 is 2.60 bits per heavy atom. The number of nitrogens with one attached hydrogen (secondary N) is 2. The number of hydrogen-bond acceptors (Lipinski definition) is 3. The summed E-state index contributed by atoms with van der Waals surface area (Å²) in [6, 6.07) is 6.41. The van der Waals surface area contributed by atoms with Gasteiger partial charge in [-0.1, -0.05) is 12.1 Å². The Morgan fingerprint density at radius 2 is 2.07 bits per heavy atom. The number of imide groups is 1. The molecule has 1 aliphatic heterocycles. The molecule has 3 amide bonds. The van der Waals surface area contributed by atoms with E-state index in [1.54, 1.807) is 31.2 Å². The summed E-state index contributed by atoms with van der Waals surface area (Å²) in [4.78, 5) is 22.6. The minimum atomic E-state index is -1.02. The van der Waals surface area contributed by atoms with Crippen LogP contribution in [-0.4, -0.2) is 11.9 Å². The van der Waals surface area contributed by atoms with Crippen molar-refractivity contribution in [2.24, 2.45) is 0 Å². The highest BCUT2D eigenvalue weighted by molar-refractivity contribution is 6.07. The lowest BCUT2D eigenvalue weighted by Crippen LogP contribution is -2.40. The Balaban J connectivity index is 2.46. The van der Waals surface area contributed by atoms with E-state index in [4.69, 9.17) is 5.73 Å². The van der Waals surface area contributed by atoms with Crippen molar-refractivity contribution in [3.8, 4) is 0 Å². The van der Waals surface area contributed by atoms with E-state index < -0.39 is 11.6 Å². The van der Waals surface area contributed by atoms with Gasteiger partial charge >= 0.3 is 6.03 Å². The molecule has 0 saturated carbocycles. The van der Waals surface area contributed by atoms with E-state index >= 15 is 0 Å². The second-order valence-electron chi connectivity index (χ2n) is 3.66. The van der Waals surface area contributed by atoms with Crippen LogP contribution in [-0.2, 0) is 10.3 Å². The fourth-order valence-corrected chi connectivity index (χ4v) is 1.60. The molecule has 78 valence electrons. The quantitative estimate of drug-likeness (QED) is 0.456. The normalized spacial score (nSPS) is 24.9. The fraction of sp³-hybridized carbons (Fsp3) is 0.200. The first-order chi connectivity index (χ1) is 7.02. The van der Waals surface area contributed by atoms with Gasteiger partial charge in [-0.2, -0.15) is 0 Å². The standard InChI is InChI=1S/C10H11N3O2/c1-10(8(14)12-9(15)13-10)6-3-2-4-7(11)5-6/h2-5H,11H2,1H3,(H2,12,13,14,15)/t10-/m1/s1. The van der Waals surface area contributed by atoms with Crippen LogP contribution in [0.25, 0.3) is 0 Å².